The van der Waals surface area contributed by atoms with Gasteiger partial charge in [0.15, 0.2) is 6.61 Å². The van der Waals surface area contributed by atoms with Crippen LogP contribution in [-0.2, 0) is 4.79 Å². The minimum atomic E-state index is -0.00108. The molecule has 1 aromatic rings. The lowest BCUT2D eigenvalue weighted by atomic mass is 9.84. The minimum Gasteiger partial charge on any atom is -0.483 e. The Morgan fingerprint density at radius 3 is 2.70 bits per heavy atom. The summed E-state index contributed by atoms with van der Waals surface area (Å²) in [5, 5.41) is 3.16. The number of hydrogen-bond donors (Lipinski definition) is 1. The molecule has 0 radical (unpaired) electrons. The highest BCUT2D eigenvalue weighted by molar-refractivity contribution is 5.77. The van der Waals surface area contributed by atoms with E-state index in [1.807, 2.05) is 13.0 Å². The molecular formula is C20H29NO2. The van der Waals surface area contributed by atoms with E-state index in [4.69, 9.17) is 4.74 Å². The summed E-state index contributed by atoms with van der Waals surface area (Å²) in [7, 11) is 0. The smallest absolute Gasteiger partial charge is 0.258 e. The molecule has 1 amide bonds. The summed E-state index contributed by atoms with van der Waals surface area (Å²) < 4.78 is 5.77. The van der Waals surface area contributed by atoms with Crippen molar-refractivity contribution >= 4 is 5.91 Å². The van der Waals surface area contributed by atoms with E-state index in [9.17, 15) is 4.79 Å². The van der Waals surface area contributed by atoms with Gasteiger partial charge in [0.05, 0.1) is 0 Å². The van der Waals surface area contributed by atoms with Gasteiger partial charge < -0.3 is 10.1 Å². The monoisotopic (exact) mass is 315 g/mol. The van der Waals surface area contributed by atoms with Crippen molar-refractivity contribution in [1.82, 2.24) is 5.32 Å². The molecule has 0 aliphatic heterocycles. The van der Waals surface area contributed by atoms with Gasteiger partial charge in [-0.3, -0.25) is 4.79 Å². The molecule has 3 rings (SSSR count). The van der Waals surface area contributed by atoms with Gasteiger partial charge in [-0.25, -0.2) is 0 Å². The number of amides is 1. The maximum absolute atomic E-state index is 12.2. The maximum atomic E-state index is 12.2. The van der Waals surface area contributed by atoms with Crippen molar-refractivity contribution < 1.29 is 9.53 Å². The number of nitrogens with one attached hydrogen (secondary N) is 1. The lowest BCUT2D eigenvalue weighted by molar-refractivity contribution is -0.124. The van der Waals surface area contributed by atoms with Gasteiger partial charge in [-0.1, -0.05) is 12.5 Å². The molecule has 2 fully saturated rings. The van der Waals surface area contributed by atoms with Crippen LogP contribution < -0.4 is 10.1 Å². The third-order valence-electron chi connectivity index (χ3n) is 5.95. The van der Waals surface area contributed by atoms with Crippen molar-refractivity contribution in [2.45, 2.75) is 59.4 Å². The summed E-state index contributed by atoms with van der Waals surface area (Å²) in [6.45, 7) is 8.43. The van der Waals surface area contributed by atoms with Gasteiger partial charge in [-0.15, -0.1) is 0 Å². The van der Waals surface area contributed by atoms with Crippen molar-refractivity contribution in [2.75, 3.05) is 6.61 Å². The number of fused-ring (bicyclic) bond motifs is 2. The number of hydrogen-bond acceptors (Lipinski definition) is 2. The second kappa shape index (κ2) is 6.54. The molecule has 2 aliphatic carbocycles. The molecule has 23 heavy (non-hydrogen) atoms. The van der Waals surface area contributed by atoms with Crippen LogP contribution in [0.3, 0.4) is 0 Å². The highest BCUT2D eigenvalue weighted by Crippen LogP contribution is 2.49. The Morgan fingerprint density at radius 1 is 1.26 bits per heavy atom. The Balaban J connectivity index is 1.52. The fourth-order valence-corrected chi connectivity index (χ4v) is 4.60. The summed E-state index contributed by atoms with van der Waals surface area (Å²) in [4.78, 5) is 12.2. The Labute approximate surface area is 139 Å². The van der Waals surface area contributed by atoms with Crippen LogP contribution >= 0.6 is 0 Å². The van der Waals surface area contributed by atoms with E-state index in [1.54, 1.807) is 0 Å². The Kier molecular flexibility index (Phi) is 4.65. The first-order chi connectivity index (χ1) is 10.9. The van der Waals surface area contributed by atoms with Crippen molar-refractivity contribution in [1.29, 1.82) is 0 Å². The van der Waals surface area contributed by atoms with Crippen LogP contribution in [0.25, 0.3) is 0 Å². The zero-order chi connectivity index (χ0) is 16.6. The van der Waals surface area contributed by atoms with Crippen molar-refractivity contribution in [3.05, 3.63) is 28.8 Å². The van der Waals surface area contributed by atoms with Crippen LogP contribution in [0.5, 0.6) is 5.75 Å². The number of aryl methyl sites for hydroxylation is 2. The van der Waals surface area contributed by atoms with Crippen LogP contribution in [0.1, 0.15) is 49.3 Å². The minimum absolute atomic E-state index is 0.00108. The Morgan fingerprint density at radius 2 is 2.04 bits per heavy atom. The fraction of sp³-hybridized carbons (Fsp3) is 0.650. The summed E-state index contributed by atoms with van der Waals surface area (Å²) in [6, 6.07) is 4.41. The fourth-order valence-electron chi connectivity index (χ4n) is 4.60. The van der Waals surface area contributed by atoms with Gasteiger partial charge in [0.1, 0.15) is 5.75 Å². The van der Waals surface area contributed by atoms with E-state index in [0.29, 0.717) is 5.92 Å². The normalized spacial score (nSPS) is 27.0. The molecule has 1 aromatic carbocycles. The molecule has 0 spiro atoms. The first kappa shape index (κ1) is 16.4. The molecule has 4 unspecified atom stereocenters. The third kappa shape index (κ3) is 3.54. The molecule has 0 aromatic heterocycles. The molecule has 3 heteroatoms. The SMILES string of the molecule is Cc1cc(C)c(C)c(OCC(=O)NC(C)C2CC3CCC2C3)c1. The highest BCUT2D eigenvalue weighted by atomic mass is 16.5. The Hall–Kier alpha value is -1.51. The maximum Gasteiger partial charge on any atom is 0.258 e. The molecule has 2 saturated carbocycles. The zero-order valence-electron chi connectivity index (χ0n) is 14.8. The van der Waals surface area contributed by atoms with E-state index in [1.165, 1.54) is 36.8 Å². The van der Waals surface area contributed by atoms with Gasteiger partial charge in [-0.05, 0) is 87.5 Å². The standard InChI is InChI=1S/C20H29NO2/c1-12-7-13(2)14(3)19(8-12)23-11-20(22)21-15(4)18-10-16-5-6-17(18)9-16/h7-8,15-18H,5-6,9-11H2,1-4H3,(H,21,22). The summed E-state index contributed by atoms with van der Waals surface area (Å²) in [5.74, 6) is 3.24. The van der Waals surface area contributed by atoms with Crippen LogP contribution in [-0.4, -0.2) is 18.6 Å². The molecule has 2 aliphatic rings. The number of rotatable bonds is 5. The lowest BCUT2D eigenvalue weighted by Gasteiger charge is -2.28. The van der Waals surface area contributed by atoms with Crippen LogP contribution in [0.15, 0.2) is 12.1 Å². The first-order valence-corrected chi connectivity index (χ1v) is 8.94. The largest absolute Gasteiger partial charge is 0.483 e. The van der Waals surface area contributed by atoms with Gasteiger partial charge in [0.2, 0.25) is 0 Å². The molecule has 4 atom stereocenters. The second-order valence-electron chi connectivity index (χ2n) is 7.69. The highest BCUT2D eigenvalue weighted by Gasteiger charge is 2.42. The average Bonchev–Trinajstić information content (AvgIpc) is 3.12. The van der Waals surface area contributed by atoms with E-state index < -0.39 is 0 Å². The first-order valence-electron chi connectivity index (χ1n) is 8.94. The van der Waals surface area contributed by atoms with E-state index in [2.05, 4.69) is 32.2 Å². The lowest BCUT2D eigenvalue weighted by Crippen LogP contribution is -2.42. The van der Waals surface area contributed by atoms with Crippen LogP contribution in [0.2, 0.25) is 0 Å². The predicted octanol–water partition coefficient (Wildman–Crippen LogP) is 3.93. The van der Waals surface area contributed by atoms with E-state index >= 15 is 0 Å². The van der Waals surface area contributed by atoms with Gasteiger partial charge in [-0.2, -0.15) is 0 Å². The van der Waals surface area contributed by atoms with Crippen LogP contribution in [0, 0.1) is 38.5 Å². The number of ether oxygens (including phenoxy) is 1. The van der Waals surface area contributed by atoms with Crippen LogP contribution in [0.4, 0.5) is 0 Å². The summed E-state index contributed by atoms with van der Waals surface area (Å²) >= 11 is 0. The molecular weight excluding hydrogens is 286 g/mol. The molecule has 2 bridgehead atoms. The average molecular weight is 315 g/mol. The quantitative estimate of drug-likeness (QED) is 0.894. The number of carbonyl (C=O) groups excluding carboxylic acids is 1. The number of benzene rings is 1. The molecule has 0 saturated heterocycles. The van der Waals surface area contributed by atoms with Gasteiger partial charge >= 0.3 is 0 Å². The zero-order valence-corrected chi connectivity index (χ0v) is 14.8. The third-order valence-corrected chi connectivity index (χ3v) is 5.95. The van der Waals surface area contributed by atoms with Crippen molar-refractivity contribution in [3.8, 4) is 5.75 Å². The molecule has 1 N–H and O–H groups in total. The summed E-state index contributed by atoms with van der Waals surface area (Å²) in [6.07, 6.45) is 5.43. The van der Waals surface area contributed by atoms with Crippen molar-refractivity contribution in [2.24, 2.45) is 17.8 Å². The molecule has 0 heterocycles. The second-order valence-corrected chi connectivity index (χ2v) is 7.69. The van der Waals surface area contributed by atoms with Gasteiger partial charge in [0, 0.05) is 6.04 Å². The topological polar surface area (TPSA) is 38.3 Å². The number of carbonyl (C=O) groups is 1. The van der Waals surface area contributed by atoms with E-state index in [-0.39, 0.29) is 18.6 Å². The molecule has 126 valence electrons. The van der Waals surface area contributed by atoms with Gasteiger partial charge in [0.25, 0.3) is 5.91 Å². The summed E-state index contributed by atoms with van der Waals surface area (Å²) in [5.41, 5.74) is 3.49. The van der Waals surface area contributed by atoms with Crippen molar-refractivity contribution in [3.63, 3.8) is 0 Å². The predicted molar refractivity (Wildman–Crippen MR) is 92.7 cm³/mol. The molecule has 3 nitrogen and oxygen atoms in total. The van der Waals surface area contributed by atoms with E-state index in [0.717, 1.165) is 23.1 Å². The Bertz CT molecular complexity index is 596.